The zero-order valence-electron chi connectivity index (χ0n) is 11.8. The van der Waals surface area contributed by atoms with Crippen LogP contribution in [-0.2, 0) is 0 Å². The van der Waals surface area contributed by atoms with E-state index in [1.165, 1.54) is 57.8 Å². The van der Waals surface area contributed by atoms with Crippen LogP contribution in [0.3, 0.4) is 0 Å². The van der Waals surface area contributed by atoms with E-state index in [1.54, 1.807) is 0 Å². The van der Waals surface area contributed by atoms with Gasteiger partial charge in [-0.05, 0) is 51.5 Å². The van der Waals surface area contributed by atoms with E-state index >= 15 is 0 Å². The van der Waals surface area contributed by atoms with Gasteiger partial charge in [0, 0.05) is 18.1 Å². The molecule has 0 aliphatic heterocycles. The molecule has 2 saturated carbocycles. The highest BCUT2D eigenvalue weighted by Gasteiger charge is 2.39. The Morgan fingerprint density at radius 1 is 1.06 bits per heavy atom. The molecule has 0 heterocycles. The molecular formula is C15H30N2. The third-order valence-electron chi connectivity index (χ3n) is 5.46. The van der Waals surface area contributed by atoms with Gasteiger partial charge in [-0.3, -0.25) is 4.90 Å². The van der Waals surface area contributed by atoms with Crippen molar-refractivity contribution in [2.45, 2.75) is 76.3 Å². The van der Waals surface area contributed by atoms with E-state index in [0.717, 1.165) is 18.5 Å². The summed E-state index contributed by atoms with van der Waals surface area (Å²) in [5.74, 6) is 0.912. The Morgan fingerprint density at radius 2 is 1.65 bits per heavy atom. The van der Waals surface area contributed by atoms with Gasteiger partial charge in [0.05, 0.1) is 0 Å². The van der Waals surface area contributed by atoms with Crippen LogP contribution >= 0.6 is 0 Å². The third-order valence-corrected chi connectivity index (χ3v) is 5.46. The van der Waals surface area contributed by atoms with Crippen LogP contribution in [0, 0.1) is 5.92 Å². The van der Waals surface area contributed by atoms with Gasteiger partial charge < -0.3 is 5.73 Å². The normalized spacial score (nSPS) is 36.4. The molecule has 2 heteroatoms. The number of nitrogens with two attached hydrogens (primary N) is 1. The summed E-state index contributed by atoms with van der Waals surface area (Å²) in [5.41, 5.74) is 6.48. The van der Waals surface area contributed by atoms with Crippen LogP contribution in [0.4, 0.5) is 0 Å². The fourth-order valence-electron chi connectivity index (χ4n) is 3.86. The Hall–Kier alpha value is -0.0800. The molecule has 2 rings (SSSR count). The molecular weight excluding hydrogens is 208 g/mol. The molecule has 0 aromatic heterocycles. The van der Waals surface area contributed by atoms with Gasteiger partial charge in [0.2, 0.25) is 0 Å². The highest BCUT2D eigenvalue weighted by molar-refractivity contribution is 4.96. The van der Waals surface area contributed by atoms with Crippen LogP contribution in [-0.4, -0.2) is 30.1 Å². The second kappa shape index (κ2) is 5.71. The monoisotopic (exact) mass is 238 g/mol. The SMILES string of the molecule is CC1CCC(CN)(N(C)C2CCCCC2)CC1. The highest BCUT2D eigenvalue weighted by Crippen LogP contribution is 2.38. The maximum Gasteiger partial charge on any atom is 0.0331 e. The quantitative estimate of drug-likeness (QED) is 0.818. The number of hydrogen-bond donors (Lipinski definition) is 1. The van der Waals surface area contributed by atoms with Crippen LogP contribution in [0.2, 0.25) is 0 Å². The Labute approximate surface area is 107 Å². The van der Waals surface area contributed by atoms with Crippen molar-refractivity contribution in [3.8, 4) is 0 Å². The van der Waals surface area contributed by atoms with Gasteiger partial charge in [-0.15, -0.1) is 0 Å². The predicted octanol–water partition coefficient (Wildman–Crippen LogP) is 3.16. The number of nitrogens with zero attached hydrogens (tertiary/aromatic N) is 1. The predicted molar refractivity (Wildman–Crippen MR) is 74.1 cm³/mol. The molecule has 0 spiro atoms. The summed E-state index contributed by atoms with van der Waals surface area (Å²) in [7, 11) is 2.35. The van der Waals surface area contributed by atoms with Crippen molar-refractivity contribution in [3.05, 3.63) is 0 Å². The van der Waals surface area contributed by atoms with Gasteiger partial charge in [-0.25, -0.2) is 0 Å². The van der Waals surface area contributed by atoms with E-state index in [9.17, 15) is 0 Å². The molecule has 100 valence electrons. The molecule has 0 bridgehead atoms. The van der Waals surface area contributed by atoms with Gasteiger partial charge in [0.15, 0.2) is 0 Å². The minimum absolute atomic E-state index is 0.328. The lowest BCUT2D eigenvalue weighted by atomic mass is 9.75. The molecule has 0 radical (unpaired) electrons. The van der Waals surface area contributed by atoms with E-state index in [-0.39, 0.29) is 0 Å². The topological polar surface area (TPSA) is 29.3 Å². The Kier molecular flexibility index (Phi) is 4.48. The average Bonchev–Trinajstić information content (AvgIpc) is 2.40. The lowest BCUT2D eigenvalue weighted by Crippen LogP contribution is -2.57. The molecule has 0 aromatic carbocycles. The van der Waals surface area contributed by atoms with Crippen LogP contribution < -0.4 is 5.73 Å². The third kappa shape index (κ3) is 2.85. The lowest BCUT2D eigenvalue weighted by Gasteiger charge is -2.49. The molecule has 2 N–H and O–H groups in total. The van der Waals surface area contributed by atoms with Gasteiger partial charge in [-0.2, -0.15) is 0 Å². The van der Waals surface area contributed by atoms with Gasteiger partial charge in [0.25, 0.3) is 0 Å². The van der Waals surface area contributed by atoms with Crippen molar-refractivity contribution in [2.75, 3.05) is 13.6 Å². The average molecular weight is 238 g/mol. The molecule has 0 aromatic rings. The molecule has 2 fully saturated rings. The zero-order chi connectivity index (χ0) is 12.3. The number of likely N-dealkylation sites (N-methyl/N-ethyl adjacent to an activating group) is 1. The maximum absolute atomic E-state index is 6.15. The fraction of sp³-hybridized carbons (Fsp3) is 1.00. The molecule has 2 aliphatic carbocycles. The lowest BCUT2D eigenvalue weighted by molar-refractivity contribution is 0.0192. The Morgan fingerprint density at radius 3 is 2.18 bits per heavy atom. The number of hydrogen-bond acceptors (Lipinski definition) is 2. The molecule has 0 atom stereocenters. The summed E-state index contributed by atoms with van der Waals surface area (Å²) in [6.07, 6.45) is 12.5. The van der Waals surface area contributed by atoms with E-state index < -0.39 is 0 Å². The highest BCUT2D eigenvalue weighted by atomic mass is 15.2. The van der Waals surface area contributed by atoms with E-state index in [1.807, 2.05) is 0 Å². The second-order valence-electron chi connectivity index (χ2n) is 6.51. The molecule has 0 saturated heterocycles. The largest absolute Gasteiger partial charge is 0.329 e. The van der Waals surface area contributed by atoms with Crippen molar-refractivity contribution in [2.24, 2.45) is 11.7 Å². The standard InChI is InChI=1S/C15H30N2/c1-13-8-10-15(12-16,11-9-13)17(2)14-6-4-3-5-7-14/h13-14H,3-12,16H2,1-2H3. The van der Waals surface area contributed by atoms with Crippen molar-refractivity contribution < 1.29 is 0 Å². The van der Waals surface area contributed by atoms with Gasteiger partial charge in [-0.1, -0.05) is 26.2 Å². The van der Waals surface area contributed by atoms with Crippen molar-refractivity contribution in [1.82, 2.24) is 4.90 Å². The molecule has 17 heavy (non-hydrogen) atoms. The van der Waals surface area contributed by atoms with Gasteiger partial charge in [0.1, 0.15) is 0 Å². The smallest absolute Gasteiger partial charge is 0.0331 e. The minimum atomic E-state index is 0.328. The van der Waals surface area contributed by atoms with E-state index in [2.05, 4.69) is 18.9 Å². The summed E-state index contributed by atoms with van der Waals surface area (Å²) in [4.78, 5) is 2.68. The van der Waals surface area contributed by atoms with Crippen molar-refractivity contribution in [3.63, 3.8) is 0 Å². The van der Waals surface area contributed by atoms with Crippen LogP contribution in [0.5, 0.6) is 0 Å². The Bertz CT molecular complexity index is 225. The Balaban J connectivity index is 2.00. The second-order valence-corrected chi connectivity index (χ2v) is 6.51. The molecule has 2 aliphatic rings. The first-order valence-electron chi connectivity index (χ1n) is 7.61. The summed E-state index contributed by atoms with van der Waals surface area (Å²) in [6, 6.07) is 0.806. The molecule has 0 unspecified atom stereocenters. The summed E-state index contributed by atoms with van der Waals surface area (Å²) in [6.45, 7) is 3.24. The zero-order valence-corrected chi connectivity index (χ0v) is 11.8. The first kappa shape index (κ1) is 13.4. The maximum atomic E-state index is 6.15. The van der Waals surface area contributed by atoms with Crippen LogP contribution in [0.25, 0.3) is 0 Å². The minimum Gasteiger partial charge on any atom is -0.329 e. The summed E-state index contributed by atoms with van der Waals surface area (Å²) < 4.78 is 0. The fourth-order valence-corrected chi connectivity index (χ4v) is 3.86. The summed E-state index contributed by atoms with van der Waals surface area (Å²) in [5, 5.41) is 0. The van der Waals surface area contributed by atoms with Crippen LogP contribution in [0.1, 0.15) is 64.7 Å². The van der Waals surface area contributed by atoms with Crippen molar-refractivity contribution >= 4 is 0 Å². The molecule has 0 amide bonds. The van der Waals surface area contributed by atoms with Crippen LogP contribution in [0.15, 0.2) is 0 Å². The first-order chi connectivity index (χ1) is 8.18. The first-order valence-corrected chi connectivity index (χ1v) is 7.61. The van der Waals surface area contributed by atoms with Gasteiger partial charge >= 0.3 is 0 Å². The summed E-state index contributed by atoms with van der Waals surface area (Å²) >= 11 is 0. The van der Waals surface area contributed by atoms with E-state index in [0.29, 0.717) is 5.54 Å². The molecule has 2 nitrogen and oxygen atoms in total. The van der Waals surface area contributed by atoms with Crippen molar-refractivity contribution in [1.29, 1.82) is 0 Å². The number of rotatable bonds is 3. The van der Waals surface area contributed by atoms with E-state index in [4.69, 9.17) is 5.73 Å².